The second-order valence-electron chi connectivity index (χ2n) is 1.11. The Kier molecular flexibility index (Phi) is 1.59. The third-order valence-corrected chi connectivity index (χ3v) is 0.898. The molecule has 1 N–H and O–H groups in total. The van der Waals surface area contributed by atoms with Gasteiger partial charge in [0.05, 0.1) is 0 Å². The van der Waals surface area contributed by atoms with Gasteiger partial charge in [-0.1, -0.05) is 0 Å². The molecule has 0 aliphatic carbocycles. The van der Waals surface area contributed by atoms with Gasteiger partial charge in [0.2, 0.25) is 5.89 Å². The number of aliphatic hydroxyl groups excluding tert-OH is 1. The number of hydrogen-bond acceptors (Lipinski definition) is 4. The number of hydrogen-bond donors (Lipinski definition) is 1. The number of aliphatic hydroxyl groups is 1. The molecule has 0 atom stereocenters. The van der Waals surface area contributed by atoms with Crippen molar-refractivity contribution in [1.29, 1.82) is 0 Å². The molecule has 44 valence electrons. The minimum absolute atomic E-state index is 0.210. The summed E-state index contributed by atoms with van der Waals surface area (Å²) in [6.45, 7) is -0.210. The van der Waals surface area contributed by atoms with Gasteiger partial charge in [-0.15, -0.1) is 10.2 Å². The Morgan fingerprint density at radius 3 is 2.62 bits per heavy atom. The highest BCUT2D eigenvalue weighted by Crippen LogP contribution is 2.05. The van der Waals surface area contributed by atoms with E-state index in [2.05, 4.69) is 30.5 Å². The summed E-state index contributed by atoms with van der Waals surface area (Å²) in [6, 6.07) is 0. The molecule has 0 radical (unpaired) electrons. The second kappa shape index (κ2) is 2.23. The number of aromatic nitrogens is 2. The molecular weight excluding hydrogens is 176 g/mol. The van der Waals surface area contributed by atoms with Gasteiger partial charge < -0.3 is 9.52 Å². The summed E-state index contributed by atoms with van der Waals surface area (Å²) in [5.41, 5.74) is 0. The topological polar surface area (TPSA) is 59.2 Å². The normalized spacial score (nSPS) is 9.75. The first-order valence-corrected chi connectivity index (χ1v) is 2.71. The molecule has 1 heterocycles. The van der Waals surface area contributed by atoms with Crippen LogP contribution in [0.25, 0.3) is 0 Å². The van der Waals surface area contributed by atoms with Crippen molar-refractivity contribution >= 4 is 15.9 Å². The molecule has 0 fully saturated rings. The van der Waals surface area contributed by atoms with Crippen molar-refractivity contribution in [2.24, 2.45) is 0 Å². The van der Waals surface area contributed by atoms with E-state index in [1.54, 1.807) is 0 Å². The molecule has 1 aromatic heterocycles. The Morgan fingerprint density at radius 2 is 2.38 bits per heavy atom. The van der Waals surface area contributed by atoms with Crippen molar-refractivity contribution in [3.05, 3.63) is 10.7 Å². The summed E-state index contributed by atoms with van der Waals surface area (Å²) >= 11 is 2.92. The lowest BCUT2D eigenvalue weighted by Crippen LogP contribution is -1.79. The molecule has 0 saturated carbocycles. The lowest BCUT2D eigenvalue weighted by molar-refractivity contribution is 0.238. The fourth-order valence-corrected chi connectivity index (χ4v) is 0.563. The zero-order valence-electron chi connectivity index (χ0n) is 3.83. The lowest BCUT2D eigenvalue weighted by atomic mass is 10.7. The van der Waals surface area contributed by atoms with E-state index in [1.165, 1.54) is 0 Å². The minimum atomic E-state index is -0.210. The van der Waals surface area contributed by atoms with Gasteiger partial charge in [0.25, 0.3) is 4.80 Å². The van der Waals surface area contributed by atoms with Crippen LogP contribution in [0.5, 0.6) is 0 Å². The van der Waals surface area contributed by atoms with E-state index < -0.39 is 0 Å². The van der Waals surface area contributed by atoms with Crippen molar-refractivity contribution in [3.63, 3.8) is 0 Å². The molecule has 0 unspecified atom stereocenters. The minimum Gasteiger partial charge on any atom is -0.413 e. The molecule has 0 aliphatic rings. The monoisotopic (exact) mass is 178 g/mol. The first kappa shape index (κ1) is 5.71. The highest BCUT2D eigenvalue weighted by Gasteiger charge is 1.97. The van der Waals surface area contributed by atoms with E-state index in [9.17, 15) is 0 Å². The van der Waals surface area contributed by atoms with Crippen LogP contribution >= 0.6 is 15.9 Å². The summed E-state index contributed by atoms with van der Waals surface area (Å²) in [5.74, 6) is 0.219. The van der Waals surface area contributed by atoms with Crippen molar-refractivity contribution in [1.82, 2.24) is 10.2 Å². The van der Waals surface area contributed by atoms with Crippen molar-refractivity contribution in [2.75, 3.05) is 0 Å². The largest absolute Gasteiger partial charge is 0.413 e. The summed E-state index contributed by atoms with van der Waals surface area (Å²) < 4.78 is 4.68. The molecular formula is C3H3BrN2O2. The molecule has 4 nitrogen and oxygen atoms in total. The van der Waals surface area contributed by atoms with Gasteiger partial charge in [-0.3, -0.25) is 0 Å². The molecule has 0 amide bonds. The average molecular weight is 179 g/mol. The van der Waals surface area contributed by atoms with Gasteiger partial charge in [-0.05, 0) is 0 Å². The fraction of sp³-hybridized carbons (Fsp3) is 0.333. The molecule has 8 heavy (non-hydrogen) atoms. The van der Waals surface area contributed by atoms with Crippen LogP contribution in [0.1, 0.15) is 5.89 Å². The van der Waals surface area contributed by atoms with Crippen molar-refractivity contribution < 1.29 is 9.52 Å². The Labute approximate surface area is 53.7 Å². The van der Waals surface area contributed by atoms with Gasteiger partial charge in [0.15, 0.2) is 0 Å². The van der Waals surface area contributed by atoms with Gasteiger partial charge in [0, 0.05) is 15.9 Å². The Morgan fingerprint density at radius 1 is 1.62 bits per heavy atom. The van der Waals surface area contributed by atoms with Crippen LogP contribution in [0.3, 0.4) is 0 Å². The van der Waals surface area contributed by atoms with Gasteiger partial charge in [0.1, 0.15) is 6.61 Å². The molecule has 0 aromatic carbocycles. The van der Waals surface area contributed by atoms with Crippen LogP contribution in [0, 0.1) is 0 Å². The van der Waals surface area contributed by atoms with E-state index in [-0.39, 0.29) is 12.5 Å². The lowest BCUT2D eigenvalue weighted by Gasteiger charge is -1.76. The third kappa shape index (κ3) is 1.05. The number of nitrogens with zero attached hydrogens (tertiary/aromatic N) is 2. The van der Waals surface area contributed by atoms with Crippen LogP contribution < -0.4 is 0 Å². The first-order valence-electron chi connectivity index (χ1n) is 1.91. The Bertz CT molecular complexity index is 176. The third-order valence-electron chi connectivity index (χ3n) is 0.577. The van der Waals surface area contributed by atoms with E-state index in [4.69, 9.17) is 5.11 Å². The molecule has 0 saturated heterocycles. The predicted molar refractivity (Wildman–Crippen MR) is 27.9 cm³/mol. The maximum Gasteiger partial charge on any atom is 0.284 e. The Balaban J connectivity index is 2.84. The van der Waals surface area contributed by atoms with Gasteiger partial charge >= 0.3 is 0 Å². The van der Waals surface area contributed by atoms with E-state index in [0.29, 0.717) is 4.80 Å². The quantitative estimate of drug-likeness (QED) is 0.674. The van der Waals surface area contributed by atoms with Crippen molar-refractivity contribution in [3.8, 4) is 0 Å². The number of halogens is 1. The molecule has 0 spiro atoms. The summed E-state index contributed by atoms with van der Waals surface area (Å²) in [5, 5.41) is 15.2. The fourth-order valence-electron chi connectivity index (χ4n) is 0.297. The van der Waals surface area contributed by atoms with Crippen LogP contribution in [-0.4, -0.2) is 15.3 Å². The smallest absolute Gasteiger partial charge is 0.284 e. The van der Waals surface area contributed by atoms with Crippen LogP contribution in [0.4, 0.5) is 0 Å². The molecule has 0 bridgehead atoms. The van der Waals surface area contributed by atoms with E-state index in [1.807, 2.05) is 0 Å². The van der Waals surface area contributed by atoms with Crippen LogP contribution in [0.15, 0.2) is 9.22 Å². The second-order valence-corrected chi connectivity index (χ2v) is 1.79. The highest BCUT2D eigenvalue weighted by atomic mass is 79.9. The van der Waals surface area contributed by atoms with Crippen LogP contribution in [0.2, 0.25) is 0 Å². The standard InChI is InChI=1S/C3H3BrN2O2/c4-3-6-5-2(1-7)8-3/h7H,1H2. The van der Waals surface area contributed by atoms with Gasteiger partial charge in [-0.2, -0.15) is 0 Å². The van der Waals surface area contributed by atoms with E-state index >= 15 is 0 Å². The highest BCUT2D eigenvalue weighted by molar-refractivity contribution is 9.10. The summed E-state index contributed by atoms with van der Waals surface area (Å²) in [6.07, 6.45) is 0. The van der Waals surface area contributed by atoms with Gasteiger partial charge in [-0.25, -0.2) is 0 Å². The maximum atomic E-state index is 8.33. The van der Waals surface area contributed by atoms with E-state index in [0.717, 1.165) is 0 Å². The predicted octanol–water partition coefficient (Wildman–Crippen LogP) is 0.324. The maximum absolute atomic E-state index is 8.33. The first-order chi connectivity index (χ1) is 3.83. The summed E-state index contributed by atoms with van der Waals surface area (Å²) in [4.78, 5) is 0.293. The summed E-state index contributed by atoms with van der Waals surface area (Å²) in [7, 11) is 0. The number of rotatable bonds is 1. The molecule has 1 aromatic rings. The SMILES string of the molecule is OCc1nnc(Br)o1. The van der Waals surface area contributed by atoms with Crippen LogP contribution in [-0.2, 0) is 6.61 Å². The van der Waals surface area contributed by atoms with Crippen molar-refractivity contribution in [2.45, 2.75) is 6.61 Å². The zero-order valence-corrected chi connectivity index (χ0v) is 5.42. The molecule has 1 rings (SSSR count). The average Bonchev–Trinajstić information content (AvgIpc) is 2.14. The molecule has 5 heteroatoms. The molecule has 0 aliphatic heterocycles. The zero-order chi connectivity index (χ0) is 5.98. The Hall–Kier alpha value is -0.420.